The molecule has 0 spiro atoms. The fraction of sp³-hybridized carbons (Fsp3) is 0.421. The molecule has 29 heavy (non-hydrogen) atoms. The first-order chi connectivity index (χ1) is 13.7. The zero-order valence-electron chi connectivity index (χ0n) is 15.9. The lowest BCUT2D eigenvalue weighted by Gasteiger charge is -2.24. The van der Waals surface area contributed by atoms with Crippen molar-refractivity contribution in [2.24, 2.45) is 5.92 Å². The van der Waals surface area contributed by atoms with Crippen LogP contribution in [0.15, 0.2) is 16.9 Å². The van der Waals surface area contributed by atoms with Gasteiger partial charge in [0.05, 0.1) is 18.0 Å². The van der Waals surface area contributed by atoms with E-state index in [4.69, 9.17) is 5.26 Å². The minimum Gasteiger partial charge on any atom is -0.345 e. The van der Waals surface area contributed by atoms with E-state index < -0.39 is 41.2 Å². The van der Waals surface area contributed by atoms with Crippen molar-refractivity contribution < 1.29 is 18.3 Å². The maximum absolute atomic E-state index is 14.2. The summed E-state index contributed by atoms with van der Waals surface area (Å²) in [7, 11) is 0. The van der Waals surface area contributed by atoms with Gasteiger partial charge in [0.15, 0.2) is 11.6 Å². The summed E-state index contributed by atoms with van der Waals surface area (Å²) in [6.07, 6.45) is -1.07. The number of H-pyrrole nitrogens is 1. The number of carbonyl (C=O) groups is 1. The zero-order chi connectivity index (χ0) is 21.3. The number of pyridine rings is 1. The van der Waals surface area contributed by atoms with Crippen LogP contribution in [0.2, 0.25) is 0 Å². The first-order valence-corrected chi connectivity index (χ1v) is 9.08. The summed E-state index contributed by atoms with van der Waals surface area (Å²) in [5, 5.41) is 14.4. The van der Waals surface area contributed by atoms with Crippen molar-refractivity contribution >= 4 is 16.8 Å². The van der Waals surface area contributed by atoms with Gasteiger partial charge in [-0.05, 0) is 31.5 Å². The number of nitriles is 1. The lowest BCUT2D eigenvalue weighted by Crippen LogP contribution is -2.59. The van der Waals surface area contributed by atoms with Gasteiger partial charge in [-0.15, -0.1) is 0 Å². The molecule has 0 saturated carbocycles. The predicted octanol–water partition coefficient (Wildman–Crippen LogP) is 1.01. The molecule has 0 aliphatic carbocycles. The van der Waals surface area contributed by atoms with E-state index in [2.05, 4.69) is 15.6 Å². The van der Waals surface area contributed by atoms with Crippen molar-refractivity contribution in [3.05, 3.63) is 50.2 Å². The molecule has 0 bridgehead atoms. The van der Waals surface area contributed by atoms with E-state index in [-0.39, 0.29) is 35.0 Å². The molecule has 2 heterocycles. The van der Waals surface area contributed by atoms with E-state index in [0.717, 1.165) is 6.07 Å². The molecule has 1 amide bonds. The number of aromatic amines is 1. The molecule has 1 aliphatic rings. The molecule has 3 N–H and O–H groups in total. The van der Waals surface area contributed by atoms with Crippen molar-refractivity contribution in [1.82, 2.24) is 15.6 Å². The number of amides is 1. The van der Waals surface area contributed by atoms with Crippen LogP contribution in [0, 0.1) is 40.7 Å². The third-order valence-electron chi connectivity index (χ3n) is 5.11. The van der Waals surface area contributed by atoms with E-state index in [1.807, 2.05) is 6.07 Å². The third-order valence-corrected chi connectivity index (χ3v) is 5.11. The van der Waals surface area contributed by atoms with Gasteiger partial charge in [0.1, 0.15) is 12.0 Å². The largest absolute Gasteiger partial charge is 0.345 e. The standard InChI is InChI=1S/C19H19F2N5O3/c1-9-12(19(28)25-14-4-3-13(20)17(21)16(9)14)5-15(27)24-10(2)18-23-7-11(6-22)8-26(18)29/h3-4,10-11,18,23H,5,7-8H2,1-2H3,(H-,24,25,27,28)/p+1/t10-,11?,18?/m1/s1. The summed E-state index contributed by atoms with van der Waals surface area (Å²) in [5.74, 6) is -3.11. The third kappa shape index (κ3) is 4.00. The Balaban J connectivity index is 1.78. The van der Waals surface area contributed by atoms with Crippen molar-refractivity contribution in [3.63, 3.8) is 0 Å². The molecule has 1 aromatic carbocycles. The second kappa shape index (κ2) is 8.05. The van der Waals surface area contributed by atoms with Gasteiger partial charge in [-0.2, -0.15) is 5.26 Å². The molecule has 3 rings (SSSR count). The minimum absolute atomic E-state index is 0.0202. The van der Waals surface area contributed by atoms with Crippen LogP contribution >= 0.6 is 0 Å². The highest BCUT2D eigenvalue weighted by Gasteiger charge is 2.39. The molecule has 1 saturated heterocycles. The summed E-state index contributed by atoms with van der Waals surface area (Å²) in [6.45, 7) is 3.44. The van der Waals surface area contributed by atoms with Gasteiger partial charge in [-0.3, -0.25) is 14.9 Å². The normalized spacial score (nSPS) is 20.3. The van der Waals surface area contributed by atoms with Gasteiger partial charge in [-0.1, -0.05) is 0 Å². The number of hydrogen-bond acceptors (Lipinski definition) is 5. The average Bonchev–Trinajstić information content (AvgIpc) is 2.67. The second-order valence-corrected chi connectivity index (χ2v) is 7.15. The Morgan fingerprint density at radius 1 is 1.45 bits per heavy atom. The molecule has 152 valence electrons. The van der Waals surface area contributed by atoms with E-state index in [0.29, 0.717) is 11.3 Å². The number of aryl methyl sites for hydroxylation is 1. The summed E-state index contributed by atoms with van der Waals surface area (Å²) >= 11 is 0. The number of halogens is 2. The number of benzene rings is 1. The Kier molecular flexibility index (Phi) is 5.70. The summed E-state index contributed by atoms with van der Waals surface area (Å²) < 4.78 is 28.5. The molecule has 1 fully saturated rings. The second-order valence-electron chi connectivity index (χ2n) is 7.15. The number of hydrogen-bond donors (Lipinski definition) is 3. The van der Waals surface area contributed by atoms with Gasteiger partial charge in [0.25, 0.3) is 11.7 Å². The van der Waals surface area contributed by atoms with E-state index >= 15 is 0 Å². The molecule has 10 heteroatoms. The molecule has 1 aromatic heterocycles. The highest BCUT2D eigenvalue weighted by atomic mass is 19.2. The SMILES string of the molecule is Cc1c(CC(=O)N[C@H](C)C2NCC(C#N)C[N+]2=O)c(=O)[nH]c2ccc(F)c(F)c12. The highest BCUT2D eigenvalue weighted by Crippen LogP contribution is 2.23. The summed E-state index contributed by atoms with van der Waals surface area (Å²) in [4.78, 5) is 39.3. The lowest BCUT2D eigenvalue weighted by molar-refractivity contribution is -0.608. The predicted molar refractivity (Wildman–Crippen MR) is 99.9 cm³/mol. The lowest BCUT2D eigenvalue weighted by atomic mass is 10.0. The van der Waals surface area contributed by atoms with Crippen LogP contribution in [0.1, 0.15) is 18.1 Å². The number of aromatic nitrogens is 1. The average molecular weight is 404 g/mol. The Morgan fingerprint density at radius 2 is 2.17 bits per heavy atom. The van der Waals surface area contributed by atoms with Crippen molar-refractivity contribution in [2.45, 2.75) is 32.5 Å². The molecule has 2 unspecified atom stereocenters. The van der Waals surface area contributed by atoms with Crippen molar-refractivity contribution in [1.29, 1.82) is 5.26 Å². The topological polar surface area (TPSA) is 118 Å². The smallest absolute Gasteiger partial charge is 0.274 e. The van der Waals surface area contributed by atoms with Crippen LogP contribution in [0.25, 0.3) is 10.9 Å². The minimum atomic E-state index is -1.09. The van der Waals surface area contributed by atoms with Crippen molar-refractivity contribution in [3.8, 4) is 6.07 Å². The molecule has 1 aliphatic heterocycles. The molecule has 0 radical (unpaired) electrons. The van der Waals surface area contributed by atoms with Crippen LogP contribution in [-0.4, -0.2) is 40.9 Å². The number of nitroso groups, excluding NO2 is 1. The van der Waals surface area contributed by atoms with Crippen LogP contribution in [0.3, 0.4) is 0 Å². The Bertz CT molecular complexity index is 1090. The molecular formula is C19H20F2N5O3+. The maximum Gasteiger partial charge on any atom is 0.274 e. The van der Waals surface area contributed by atoms with Crippen LogP contribution in [0.4, 0.5) is 8.78 Å². The molecule has 2 aromatic rings. The maximum atomic E-state index is 14.2. The van der Waals surface area contributed by atoms with Gasteiger partial charge in [0.2, 0.25) is 12.5 Å². The van der Waals surface area contributed by atoms with Crippen LogP contribution in [0.5, 0.6) is 0 Å². The Hall–Kier alpha value is -3.19. The van der Waals surface area contributed by atoms with E-state index in [9.17, 15) is 23.3 Å². The monoisotopic (exact) mass is 404 g/mol. The number of rotatable bonds is 4. The number of nitrogens with zero attached hydrogens (tertiary/aromatic N) is 2. The number of carbonyl (C=O) groups excluding carboxylic acids is 1. The van der Waals surface area contributed by atoms with Crippen LogP contribution in [-0.2, 0) is 11.2 Å². The number of nitrogens with one attached hydrogen (secondary N) is 3. The van der Waals surface area contributed by atoms with E-state index in [1.165, 1.54) is 13.0 Å². The Morgan fingerprint density at radius 3 is 2.83 bits per heavy atom. The first kappa shape index (κ1) is 20.5. The summed E-state index contributed by atoms with van der Waals surface area (Å²) in [6, 6.07) is 3.60. The van der Waals surface area contributed by atoms with Gasteiger partial charge >= 0.3 is 0 Å². The first-order valence-electron chi connectivity index (χ1n) is 9.08. The quantitative estimate of drug-likeness (QED) is 0.658. The Labute approximate surface area is 164 Å². The fourth-order valence-corrected chi connectivity index (χ4v) is 3.57. The molecule has 3 atom stereocenters. The van der Waals surface area contributed by atoms with Gasteiger partial charge < -0.3 is 10.3 Å². The highest BCUT2D eigenvalue weighted by molar-refractivity contribution is 5.86. The van der Waals surface area contributed by atoms with E-state index in [1.54, 1.807) is 6.92 Å². The van der Waals surface area contributed by atoms with Gasteiger partial charge in [-0.25, -0.2) is 8.78 Å². The van der Waals surface area contributed by atoms with Crippen molar-refractivity contribution in [2.75, 3.05) is 13.1 Å². The molecular weight excluding hydrogens is 384 g/mol. The van der Waals surface area contributed by atoms with Crippen LogP contribution < -0.4 is 16.2 Å². The molecule has 8 nitrogen and oxygen atoms in total. The zero-order valence-corrected chi connectivity index (χ0v) is 15.9. The fourth-order valence-electron chi connectivity index (χ4n) is 3.57. The number of fused-ring (bicyclic) bond motifs is 1. The van der Waals surface area contributed by atoms with Gasteiger partial charge in [0, 0.05) is 27.2 Å². The summed E-state index contributed by atoms with van der Waals surface area (Å²) in [5.41, 5.74) is -0.222.